The molecule has 0 radical (unpaired) electrons. The van der Waals surface area contributed by atoms with Gasteiger partial charge in [0.1, 0.15) is 18.0 Å². The van der Waals surface area contributed by atoms with Crippen LogP contribution in [0.1, 0.15) is 19.7 Å². The second-order valence-corrected chi connectivity index (χ2v) is 6.34. The fourth-order valence-corrected chi connectivity index (χ4v) is 2.98. The number of hydrogen-bond donors (Lipinski definition) is 1. The van der Waals surface area contributed by atoms with Crippen LogP contribution in [0.4, 0.5) is 10.1 Å². The normalized spacial score (nSPS) is 12.8. The number of anilines is 1. The summed E-state index contributed by atoms with van der Waals surface area (Å²) in [5, 5.41) is 4.12. The number of nitrogens with zero attached hydrogens (tertiary/aromatic N) is 3. The predicted molar refractivity (Wildman–Crippen MR) is 75.8 cm³/mol. The van der Waals surface area contributed by atoms with Crippen LogP contribution in [0.25, 0.3) is 0 Å². The van der Waals surface area contributed by atoms with Crippen molar-refractivity contribution >= 4 is 16.5 Å². The van der Waals surface area contributed by atoms with Crippen molar-refractivity contribution in [3.05, 3.63) is 36.2 Å². The number of halogens is 1. The maximum Gasteiger partial charge on any atom is 0.139 e. The molecule has 108 valence electrons. The highest BCUT2D eigenvalue weighted by Crippen LogP contribution is 2.19. The van der Waals surface area contributed by atoms with Crippen LogP contribution in [0.2, 0.25) is 0 Å². The first-order chi connectivity index (χ1) is 9.47. The van der Waals surface area contributed by atoms with E-state index in [1.807, 2.05) is 0 Å². The number of aromatic nitrogens is 3. The SMILES string of the molecule is CC(C)Cn1ncnc1CS(=O)c1ccc(F)cc1N. The third-order valence-electron chi connectivity index (χ3n) is 2.71. The van der Waals surface area contributed by atoms with E-state index in [9.17, 15) is 8.60 Å². The number of nitrogens with two attached hydrogens (primary N) is 1. The first kappa shape index (κ1) is 14.6. The summed E-state index contributed by atoms with van der Waals surface area (Å²) in [4.78, 5) is 4.55. The molecule has 1 aromatic heterocycles. The van der Waals surface area contributed by atoms with Gasteiger partial charge in [-0.25, -0.2) is 14.1 Å². The standard InChI is InChI=1S/C13H17FN4OS/c1-9(2)6-18-13(16-8-17-18)7-20(19)12-4-3-10(14)5-11(12)15/h3-5,8-9H,6-7,15H2,1-2H3. The van der Waals surface area contributed by atoms with Crippen molar-refractivity contribution in [3.63, 3.8) is 0 Å². The third kappa shape index (κ3) is 3.41. The lowest BCUT2D eigenvalue weighted by Gasteiger charge is -2.09. The van der Waals surface area contributed by atoms with E-state index in [-0.39, 0.29) is 11.4 Å². The Balaban J connectivity index is 2.17. The highest BCUT2D eigenvalue weighted by atomic mass is 32.2. The summed E-state index contributed by atoms with van der Waals surface area (Å²) >= 11 is 0. The van der Waals surface area contributed by atoms with E-state index in [0.717, 1.165) is 0 Å². The highest BCUT2D eigenvalue weighted by Gasteiger charge is 2.14. The van der Waals surface area contributed by atoms with Gasteiger partial charge in [-0.05, 0) is 24.1 Å². The van der Waals surface area contributed by atoms with Gasteiger partial charge in [0.25, 0.3) is 0 Å². The van der Waals surface area contributed by atoms with Gasteiger partial charge in [-0.1, -0.05) is 13.8 Å². The molecule has 2 rings (SSSR count). The molecule has 0 spiro atoms. The first-order valence-electron chi connectivity index (χ1n) is 6.27. The Bertz CT molecular complexity index is 627. The maximum atomic E-state index is 13.0. The van der Waals surface area contributed by atoms with Crippen molar-refractivity contribution < 1.29 is 8.60 Å². The van der Waals surface area contributed by atoms with E-state index in [4.69, 9.17) is 5.73 Å². The fourth-order valence-electron chi connectivity index (χ4n) is 1.82. The van der Waals surface area contributed by atoms with E-state index in [1.54, 1.807) is 4.68 Å². The molecule has 0 saturated carbocycles. The lowest BCUT2D eigenvalue weighted by molar-refractivity contribution is 0.471. The van der Waals surface area contributed by atoms with Crippen LogP contribution in [0.15, 0.2) is 29.4 Å². The molecule has 0 aliphatic rings. The molecule has 20 heavy (non-hydrogen) atoms. The molecule has 0 aliphatic carbocycles. The van der Waals surface area contributed by atoms with Gasteiger partial charge >= 0.3 is 0 Å². The summed E-state index contributed by atoms with van der Waals surface area (Å²) < 4.78 is 27.0. The fraction of sp³-hybridized carbons (Fsp3) is 0.385. The zero-order valence-electron chi connectivity index (χ0n) is 11.4. The van der Waals surface area contributed by atoms with Crippen LogP contribution in [0.3, 0.4) is 0 Å². The minimum atomic E-state index is -1.37. The van der Waals surface area contributed by atoms with Crippen LogP contribution >= 0.6 is 0 Å². The molecule has 2 aromatic rings. The van der Waals surface area contributed by atoms with Crippen molar-refractivity contribution in [2.24, 2.45) is 5.92 Å². The lowest BCUT2D eigenvalue weighted by atomic mass is 10.2. The summed E-state index contributed by atoms with van der Waals surface area (Å²) in [5.74, 6) is 0.828. The Morgan fingerprint density at radius 3 is 2.85 bits per heavy atom. The molecule has 1 atom stereocenters. The largest absolute Gasteiger partial charge is 0.398 e. The quantitative estimate of drug-likeness (QED) is 0.856. The molecular weight excluding hydrogens is 279 g/mol. The van der Waals surface area contributed by atoms with Crippen molar-refractivity contribution in [2.45, 2.75) is 31.0 Å². The maximum absolute atomic E-state index is 13.0. The highest BCUT2D eigenvalue weighted by molar-refractivity contribution is 7.84. The molecule has 2 N–H and O–H groups in total. The molecule has 0 saturated heterocycles. The molecule has 0 aliphatic heterocycles. The van der Waals surface area contributed by atoms with Gasteiger partial charge in [-0.2, -0.15) is 5.10 Å². The number of rotatable bonds is 5. The van der Waals surface area contributed by atoms with E-state index in [0.29, 0.717) is 23.2 Å². The molecule has 1 aromatic carbocycles. The van der Waals surface area contributed by atoms with Gasteiger partial charge in [-0.3, -0.25) is 4.21 Å². The van der Waals surface area contributed by atoms with Gasteiger partial charge in [-0.15, -0.1) is 0 Å². The predicted octanol–water partition coefficient (Wildman–Crippen LogP) is 1.96. The lowest BCUT2D eigenvalue weighted by Crippen LogP contribution is -2.12. The molecule has 1 heterocycles. The summed E-state index contributed by atoms with van der Waals surface area (Å²) in [6.45, 7) is 4.85. The van der Waals surface area contributed by atoms with Crippen LogP contribution < -0.4 is 5.73 Å². The van der Waals surface area contributed by atoms with E-state index >= 15 is 0 Å². The number of nitrogen functional groups attached to an aromatic ring is 1. The second kappa shape index (κ2) is 6.13. The Morgan fingerprint density at radius 1 is 1.45 bits per heavy atom. The average molecular weight is 296 g/mol. The molecular formula is C13H17FN4OS. The first-order valence-corrected chi connectivity index (χ1v) is 7.59. The molecule has 1 unspecified atom stereocenters. The molecule has 0 bridgehead atoms. The third-order valence-corrected chi connectivity index (χ3v) is 4.09. The van der Waals surface area contributed by atoms with Gasteiger partial charge in [0.05, 0.1) is 27.1 Å². The zero-order valence-corrected chi connectivity index (χ0v) is 12.2. The van der Waals surface area contributed by atoms with Crippen molar-refractivity contribution in [1.82, 2.24) is 14.8 Å². The summed E-state index contributed by atoms with van der Waals surface area (Å²) in [6.07, 6.45) is 1.45. The van der Waals surface area contributed by atoms with E-state index < -0.39 is 16.6 Å². The Hall–Kier alpha value is -1.76. The van der Waals surface area contributed by atoms with Crippen molar-refractivity contribution in [1.29, 1.82) is 0 Å². The van der Waals surface area contributed by atoms with Crippen LogP contribution in [-0.2, 0) is 23.1 Å². The Labute approximate surface area is 119 Å². The molecule has 0 amide bonds. The van der Waals surface area contributed by atoms with Crippen LogP contribution in [-0.4, -0.2) is 19.0 Å². The smallest absolute Gasteiger partial charge is 0.139 e. The van der Waals surface area contributed by atoms with Crippen LogP contribution in [0.5, 0.6) is 0 Å². The number of benzene rings is 1. The Kier molecular flexibility index (Phi) is 4.49. The van der Waals surface area contributed by atoms with Gasteiger partial charge in [0.2, 0.25) is 0 Å². The van der Waals surface area contributed by atoms with Crippen LogP contribution in [0, 0.1) is 11.7 Å². The monoisotopic (exact) mass is 296 g/mol. The van der Waals surface area contributed by atoms with Gasteiger partial charge in [0.15, 0.2) is 0 Å². The molecule has 5 nitrogen and oxygen atoms in total. The van der Waals surface area contributed by atoms with E-state index in [1.165, 1.54) is 24.5 Å². The topological polar surface area (TPSA) is 73.8 Å². The van der Waals surface area contributed by atoms with Crippen molar-refractivity contribution in [3.8, 4) is 0 Å². The number of hydrogen-bond acceptors (Lipinski definition) is 4. The summed E-state index contributed by atoms with van der Waals surface area (Å²) in [7, 11) is -1.37. The van der Waals surface area contributed by atoms with Gasteiger partial charge in [0, 0.05) is 6.54 Å². The second-order valence-electron chi connectivity index (χ2n) is 4.92. The van der Waals surface area contributed by atoms with Gasteiger partial charge < -0.3 is 5.73 Å². The minimum absolute atomic E-state index is 0.193. The van der Waals surface area contributed by atoms with Crippen molar-refractivity contribution in [2.75, 3.05) is 5.73 Å². The minimum Gasteiger partial charge on any atom is -0.398 e. The zero-order chi connectivity index (χ0) is 14.7. The summed E-state index contributed by atoms with van der Waals surface area (Å²) in [6, 6.07) is 3.87. The molecule has 7 heteroatoms. The van der Waals surface area contributed by atoms with E-state index in [2.05, 4.69) is 23.9 Å². The average Bonchev–Trinajstić information content (AvgIpc) is 2.75. The Morgan fingerprint density at radius 2 is 2.20 bits per heavy atom. The molecule has 0 fully saturated rings. The summed E-state index contributed by atoms with van der Waals surface area (Å²) in [5.41, 5.74) is 5.89.